The van der Waals surface area contributed by atoms with Crippen LogP contribution in [0.15, 0.2) is 12.3 Å². The van der Waals surface area contributed by atoms with E-state index in [2.05, 4.69) is 20.7 Å². The molecule has 88 valence electrons. The molecule has 2 rings (SSSR count). The SMILES string of the molecule is NNc1nccc(NC2CCCCCC2)n1. The summed E-state index contributed by atoms with van der Waals surface area (Å²) in [6, 6.07) is 2.43. The van der Waals surface area contributed by atoms with Crippen LogP contribution >= 0.6 is 0 Å². The van der Waals surface area contributed by atoms with Crippen LogP contribution in [0.4, 0.5) is 11.8 Å². The van der Waals surface area contributed by atoms with Gasteiger partial charge in [-0.1, -0.05) is 25.7 Å². The summed E-state index contributed by atoms with van der Waals surface area (Å²) in [6.45, 7) is 0. The fourth-order valence-corrected chi connectivity index (χ4v) is 2.14. The molecule has 1 aliphatic rings. The van der Waals surface area contributed by atoms with Gasteiger partial charge in [-0.25, -0.2) is 10.8 Å². The van der Waals surface area contributed by atoms with Gasteiger partial charge in [0.15, 0.2) is 0 Å². The normalized spacial score (nSPS) is 17.8. The van der Waals surface area contributed by atoms with Gasteiger partial charge in [0.25, 0.3) is 0 Å². The Morgan fingerprint density at radius 2 is 1.94 bits per heavy atom. The zero-order valence-corrected chi connectivity index (χ0v) is 9.45. The number of hydrazine groups is 1. The van der Waals surface area contributed by atoms with E-state index in [9.17, 15) is 0 Å². The number of nitrogens with zero attached hydrogens (tertiary/aromatic N) is 2. The Morgan fingerprint density at radius 1 is 1.19 bits per heavy atom. The molecule has 0 radical (unpaired) electrons. The second-order valence-electron chi connectivity index (χ2n) is 4.24. The molecule has 0 unspecified atom stereocenters. The molecule has 1 heterocycles. The van der Waals surface area contributed by atoms with Crippen molar-refractivity contribution in [1.29, 1.82) is 0 Å². The van der Waals surface area contributed by atoms with Crippen LogP contribution in [0.2, 0.25) is 0 Å². The van der Waals surface area contributed by atoms with E-state index in [-0.39, 0.29) is 0 Å². The van der Waals surface area contributed by atoms with Crippen LogP contribution in [0.25, 0.3) is 0 Å². The number of nitrogen functional groups attached to an aromatic ring is 1. The van der Waals surface area contributed by atoms with E-state index in [1.165, 1.54) is 38.5 Å². The number of rotatable bonds is 3. The lowest BCUT2D eigenvalue weighted by Crippen LogP contribution is -2.20. The molecule has 1 saturated carbocycles. The van der Waals surface area contributed by atoms with E-state index in [0.29, 0.717) is 12.0 Å². The van der Waals surface area contributed by atoms with Crippen molar-refractivity contribution >= 4 is 11.8 Å². The van der Waals surface area contributed by atoms with Crippen molar-refractivity contribution < 1.29 is 0 Å². The Bertz CT molecular complexity index is 320. The van der Waals surface area contributed by atoms with E-state index in [1.807, 2.05) is 6.07 Å². The van der Waals surface area contributed by atoms with E-state index < -0.39 is 0 Å². The van der Waals surface area contributed by atoms with Gasteiger partial charge in [-0.05, 0) is 18.9 Å². The summed E-state index contributed by atoms with van der Waals surface area (Å²) in [5, 5.41) is 3.45. The maximum absolute atomic E-state index is 5.27. The van der Waals surface area contributed by atoms with Crippen LogP contribution in [0.1, 0.15) is 38.5 Å². The fourth-order valence-electron chi connectivity index (χ4n) is 2.14. The highest BCUT2D eigenvalue weighted by Gasteiger charge is 2.12. The average molecular weight is 221 g/mol. The van der Waals surface area contributed by atoms with Crippen LogP contribution in [-0.2, 0) is 0 Å². The van der Waals surface area contributed by atoms with Crippen LogP contribution in [0.5, 0.6) is 0 Å². The minimum absolute atomic E-state index is 0.457. The van der Waals surface area contributed by atoms with E-state index >= 15 is 0 Å². The number of anilines is 2. The Hall–Kier alpha value is -1.36. The minimum Gasteiger partial charge on any atom is -0.367 e. The lowest BCUT2D eigenvalue weighted by molar-refractivity contribution is 0.617. The maximum atomic E-state index is 5.27. The zero-order chi connectivity index (χ0) is 11.2. The van der Waals surface area contributed by atoms with Crippen molar-refractivity contribution in [3.8, 4) is 0 Å². The van der Waals surface area contributed by atoms with Crippen LogP contribution in [-0.4, -0.2) is 16.0 Å². The van der Waals surface area contributed by atoms with Crippen molar-refractivity contribution in [3.05, 3.63) is 12.3 Å². The minimum atomic E-state index is 0.457. The van der Waals surface area contributed by atoms with E-state index in [1.54, 1.807) is 6.20 Å². The van der Waals surface area contributed by atoms with Crippen molar-refractivity contribution in [1.82, 2.24) is 9.97 Å². The highest BCUT2D eigenvalue weighted by Crippen LogP contribution is 2.20. The lowest BCUT2D eigenvalue weighted by Gasteiger charge is -2.16. The molecule has 0 bridgehead atoms. The first-order valence-electron chi connectivity index (χ1n) is 5.94. The zero-order valence-electron chi connectivity index (χ0n) is 9.45. The van der Waals surface area contributed by atoms with Crippen molar-refractivity contribution in [3.63, 3.8) is 0 Å². The molecule has 1 aromatic heterocycles. The van der Waals surface area contributed by atoms with Crippen LogP contribution in [0.3, 0.4) is 0 Å². The Morgan fingerprint density at radius 3 is 2.62 bits per heavy atom. The molecule has 5 nitrogen and oxygen atoms in total. The molecular formula is C11H19N5. The molecule has 0 aliphatic heterocycles. The topological polar surface area (TPSA) is 75.9 Å². The third-order valence-corrected chi connectivity index (χ3v) is 2.99. The van der Waals surface area contributed by atoms with Gasteiger partial charge in [0.05, 0.1) is 0 Å². The molecule has 4 N–H and O–H groups in total. The number of nitrogens with two attached hydrogens (primary N) is 1. The fraction of sp³-hybridized carbons (Fsp3) is 0.636. The number of aromatic nitrogens is 2. The third kappa shape index (κ3) is 3.06. The number of hydrogen-bond acceptors (Lipinski definition) is 5. The molecule has 1 aromatic rings. The highest BCUT2D eigenvalue weighted by molar-refractivity contribution is 5.39. The van der Waals surface area contributed by atoms with E-state index in [0.717, 1.165) is 5.82 Å². The summed E-state index contributed by atoms with van der Waals surface area (Å²) >= 11 is 0. The predicted octanol–water partition coefficient (Wildman–Crippen LogP) is 1.90. The first-order valence-corrected chi connectivity index (χ1v) is 5.94. The molecule has 5 heteroatoms. The first-order chi connectivity index (χ1) is 7.88. The third-order valence-electron chi connectivity index (χ3n) is 2.99. The van der Waals surface area contributed by atoms with E-state index in [4.69, 9.17) is 5.84 Å². The molecule has 16 heavy (non-hydrogen) atoms. The number of hydrogen-bond donors (Lipinski definition) is 3. The number of nitrogens with one attached hydrogen (secondary N) is 2. The van der Waals surface area contributed by atoms with Gasteiger partial charge in [0.1, 0.15) is 5.82 Å². The maximum Gasteiger partial charge on any atom is 0.239 e. The van der Waals surface area contributed by atoms with Crippen molar-refractivity contribution in [2.45, 2.75) is 44.6 Å². The smallest absolute Gasteiger partial charge is 0.239 e. The van der Waals surface area contributed by atoms with Crippen molar-refractivity contribution in [2.24, 2.45) is 5.84 Å². The average Bonchev–Trinajstić information content (AvgIpc) is 2.58. The Kier molecular flexibility index (Phi) is 3.93. The van der Waals surface area contributed by atoms with Crippen LogP contribution in [0, 0.1) is 0 Å². The summed E-state index contributed by atoms with van der Waals surface area (Å²) in [4.78, 5) is 8.24. The second-order valence-corrected chi connectivity index (χ2v) is 4.24. The van der Waals surface area contributed by atoms with Crippen molar-refractivity contribution in [2.75, 3.05) is 10.7 Å². The summed E-state index contributed by atoms with van der Waals surface area (Å²) in [7, 11) is 0. The molecule has 1 aliphatic carbocycles. The molecule has 0 aromatic carbocycles. The molecule has 0 amide bonds. The lowest BCUT2D eigenvalue weighted by atomic mass is 10.1. The molecule has 0 atom stereocenters. The first kappa shape index (κ1) is 11.1. The monoisotopic (exact) mass is 221 g/mol. The van der Waals surface area contributed by atoms with Gasteiger partial charge in [-0.3, -0.25) is 5.43 Å². The van der Waals surface area contributed by atoms with Gasteiger partial charge < -0.3 is 5.32 Å². The van der Waals surface area contributed by atoms with Gasteiger partial charge in [-0.15, -0.1) is 0 Å². The quantitative estimate of drug-likeness (QED) is 0.413. The summed E-state index contributed by atoms with van der Waals surface area (Å²) in [6.07, 6.45) is 9.51. The highest BCUT2D eigenvalue weighted by atomic mass is 15.3. The predicted molar refractivity (Wildman–Crippen MR) is 65.0 cm³/mol. The Balaban J connectivity index is 1.96. The molecule has 1 fully saturated rings. The second kappa shape index (κ2) is 5.65. The summed E-state index contributed by atoms with van der Waals surface area (Å²) in [5.41, 5.74) is 2.45. The van der Waals surface area contributed by atoms with Gasteiger partial charge in [-0.2, -0.15) is 4.98 Å². The van der Waals surface area contributed by atoms with Crippen LogP contribution < -0.4 is 16.6 Å². The standard InChI is InChI=1S/C11H19N5/c12-16-11-13-8-7-10(15-11)14-9-5-3-1-2-4-6-9/h7-9H,1-6,12H2,(H2,13,14,15,16). The van der Waals surface area contributed by atoms with Gasteiger partial charge >= 0.3 is 0 Å². The summed E-state index contributed by atoms with van der Waals surface area (Å²) < 4.78 is 0. The molecule has 0 saturated heterocycles. The molecule has 0 spiro atoms. The Labute approximate surface area is 95.8 Å². The van der Waals surface area contributed by atoms with Gasteiger partial charge in [0.2, 0.25) is 5.95 Å². The molecular weight excluding hydrogens is 202 g/mol. The summed E-state index contributed by atoms with van der Waals surface area (Å²) in [5.74, 6) is 6.59. The van der Waals surface area contributed by atoms with Gasteiger partial charge in [0, 0.05) is 12.2 Å². The largest absolute Gasteiger partial charge is 0.367 e.